The van der Waals surface area contributed by atoms with Crippen LogP contribution in [0, 0.1) is 6.92 Å². The molecule has 1 aromatic rings. The van der Waals surface area contributed by atoms with Crippen molar-refractivity contribution < 1.29 is 0 Å². The first-order valence-corrected chi connectivity index (χ1v) is 7.46. The van der Waals surface area contributed by atoms with Crippen molar-refractivity contribution in [2.24, 2.45) is 0 Å². The van der Waals surface area contributed by atoms with Crippen molar-refractivity contribution in [3.8, 4) is 0 Å². The molecule has 4 heteroatoms. The van der Waals surface area contributed by atoms with E-state index in [4.69, 9.17) is 5.73 Å². The predicted molar refractivity (Wildman–Crippen MR) is 79.4 cm³/mol. The quantitative estimate of drug-likeness (QED) is 0.884. The molecule has 104 valence electrons. The van der Waals surface area contributed by atoms with Crippen LogP contribution in [0.4, 0.5) is 11.5 Å². The average Bonchev–Trinajstić information content (AvgIpc) is 2.96. The van der Waals surface area contributed by atoms with Crippen molar-refractivity contribution in [2.75, 3.05) is 36.8 Å². The van der Waals surface area contributed by atoms with E-state index in [9.17, 15) is 0 Å². The number of aryl methyl sites for hydroxylation is 1. The lowest BCUT2D eigenvalue weighted by molar-refractivity contribution is 0.187. The monoisotopic (exact) mass is 260 g/mol. The SMILES string of the molecule is Cc1nc(N2CCN(C3CCCC3)CC2)ccc1N. The van der Waals surface area contributed by atoms with Crippen LogP contribution in [-0.2, 0) is 0 Å². The maximum atomic E-state index is 5.83. The minimum Gasteiger partial charge on any atom is -0.397 e. The lowest BCUT2D eigenvalue weighted by Gasteiger charge is -2.38. The molecule has 0 amide bonds. The summed E-state index contributed by atoms with van der Waals surface area (Å²) in [6.07, 6.45) is 5.64. The zero-order valence-corrected chi connectivity index (χ0v) is 11.8. The number of nitrogen functional groups attached to an aromatic ring is 1. The van der Waals surface area contributed by atoms with Gasteiger partial charge in [0, 0.05) is 32.2 Å². The zero-order chi connectivity index (χ0) is 13.2. The van der Waals surface area contributed by atoms with Gasteiger partial charge in [-0.15, -0.1) is 0 Å². The van der Waals surface area contributed by atoms with Gasteiger partial charge >= 0.3 is 0 Å². The molecule has 2 heterocycles. The first-order chi connectivity index (χ1) is 9.24. The van der Waals surface area contributed by atoms with E-state index in [-0.39, 0.29) is 0 Å². The van der Waals surface area contributed by atoms with Crippen LogP contribution >= 0.6 is 0 Å². The molecule has 1 aliphatic carbocycles. The van der Waals surface area contributed by atoms with Gasteiger partial charge in [-0.2, -0.15) is 0 Å². The van der Waals surface area contributed by atoms with Crippen LogP contribution < -0.4 is 10.6 Å². The van der Waals surface area contributed by atoms with Gasteiger partial charge in [-0.25, -0.2) is 4.98 Å². The van der Waals surface area contributed by atoms with E-state index in [1.807, 2.05) is 19.1 Å². The zero-order valence-electron chi connectivity index (χ0n) is 11.8. The summed E-state index contributed by atoms with van der Waals surface area (Å²) in [5.74, 6) is 1.08. The van der Waals surface area contributed by atoms with E-state index < -0.39 is 0 Å². The van der Waals surface area contributed by atoms with E-state index in [0.717, 1.165) is 36.3 Å². The van der Waals surface area contributed by atoms with Crippen LogP contribution in [0.15, 0.2) is 12.1 Å². The first-order valence-electron chi connectivity index (χ1n) is 7.46. The Balaban J connectivity index is 1.61. The van der Waals surface area contributed by atoms with Crippen LogP contribution in [0.2, 0.25) is 0 Å². The Bertz CT molecular complexity index is 432. The Morgan fingerprint density at radius 2 is 1.79 bits per heavy atom. The van der Waals surface area contributed by atoms with E-state index in [1.165, 1.54) is 38.8 Å². The topological polar surface area (TPSA) is 45.4 Å². The average molecular weight is 260 g/mol. The molecule has 3 rings (SSSR count). The summed E-state index contributed by atoms with van der Waals surface area (Å²) in [5.41, 5.74) is 7.56. The summed E-state index contributed by atoms with van der Waals surface area (Å²) in [5, 5.41) is 0. The molecule has 0 spiro atoms. The third-order valence-electron chi connectivity index (χ3n) is 4.59. The first kappa shape index (κ1) is 12.7. The summed E-state index contributed by atoms with van der Waals surface area (Å²) in [7, 11) is 0. The highest BCUT2D eigenvalue weighted by Crippen LogP contribution is 2.25. The van der Waals surface area contributed by atoms with Crippen LogP contribution in [-0.4, -0.2) is 42.1 Å². The molecule has 2 N–H and O–H groups in total. The molecule has 1 aliphatic heterocycles. The fourth-order valence-electron chi connectivity index (χ4n) is 3.32. The van der Waals surface area contributed by atoms with E-state index >= 15 is 0 Å². The number of hydrogen-bond donors (Lipinski definition) is 1. The lowest BCUT2D eigenvalue weighted by atomic mass is 10.2. The van der Waals surface area contributed by atoms with Crippen molar-refractivity contribution in [1.29, 1.82) is 0 Å². The van der Waals surface area contributed by atoms with E-state index in [1.54, 1.807) is 0 Å². The van der Waals surface area contributed by atoms with Gasteiger partial charge < -0.3 is 10.6 Å². The van der Waals surface area contributed by atoms with Crippen molar-refractivity contribution in [3.63, 3.8) is 0 Å². The number of aromatic nitrogens is 1. The Kier molecular flexibility index (Phi) is 3.60. The molecule has 19 heavy (non-hydrogen) atoms. The maximum Gasteiger partial charge on any atom is 0.129 e. The molecule has 0 unspecified atom stereocenters. The number of nitrogens with two attached hydrogens (primary N) is 1. The molecule has 1 saturated heterocycles. The number of hydrogen-bond acceptors (Lipinski definition) is 4. The second-order valence-corrected chi connectivity index (χ2v) is 5.81. The molecule has 0 atom stereocenters. The van der Waals surface area contributed by atoms with Crippen molar-refractivity contribution in [2.45, 2.75) is 38.6 Å². The molecule has 0 bridgehead atoms. The van der Waals surface area contributed by atoms with Gasteiger partial charge in [0.25, 0.3) is 0 Å². The smallest absolute Gasteiger partial charge is 0.129 e. The third kappa shape index (κ3) is 2.68. The van der Waals surface area contributed by atoms with Gasteiger partial charge in [0.2, 0.25) is 0 Å². The highest BCUT2D eigenvalue weighted by molar-refractivity contribution is 5.50. The Morgan fingerprint density at radius 1 is 1.11 bits per heavy atom. The standard InChI is InChI=1S/C15H24N4/c1-12-14(16)6-7-15(17-12)19-10-8-18(9-11-19)13-4-2-3-5-13/h6-7,13H,2-5,8-11,16H2,1H3. The maximum absolute atomic E-state index is 5.83. The molecule has 0 radical (unpaired) electrons. The Labute approximate surface area is 115 Å². The van der Waals surface area contributed by atoms with Crippen LogP contribution in [0.3, 0.4) is 0 Å². The van der Waals surface area contributed by atoms with Gasteiger partial charge in [0.1, 0.15) is 5.82 Å². The number of anilines is 2. The Morgan fingerprint density at radius 3 is 2.42 bits per heavy atom. The highest BCUT2D eigenvalue weighted by atomic mass is 15.3. The van der Waals surface area contributed by atoms with Crippen LogP contribution in [0.25, 0.3) is 0 Å². The number of pyridine rings is 1. The highest BCUT2D eigenvalue weighted by Gasteiger charge is 2.26. The fraction of sp³-hybridized carbons (Fsp3) is 0.667. The van der Waals surface area contributed by atoms with E-state index in [0.29, 0.717) is 0 Å². The summed E-state index contributed by atoms with van der Waals surface area (Å²) in [6, 6.07) is 4.87. The molecule has 2 aliphatic rings. The predicted octanol–water partition coefficient (Wildman–Crippen LogP) is 2.04. The number of nitrogens with zero attached hydrogens (tertiary/aromatic N) is 3. The molecule has 0 aromatic carbocycles. The Hall–Kier alpha value is -1.29. The molecule has 1 saturated carbocycles. The molecule has 2 fully saturated rings. The van der Waals surface area contributed by atoms with Crippen LogP contribution in [0.5, 0.6) is 0 Å². The van der Waals surface area contributed by atoms with Crippen LogP contribution in [0.1, 0.15) is 31.4 Å². The van der Waals surface area contributed by atoms with Crippen molar-refractivity contribution in [3.05, 3.63) is 17.8 Å². The number of rotatable bonds is 2. The number of piperazine rings is 1. The molecular weight excluding hydrogens is 236 g/mol. The fourth-order valence-corrected chi connectivity index (χ4v) is 3.32. The summed E-state index contributed by atoms with van der Waals surface area (Å²) >= 11 is 0. The second-order valence-electron chi connectivity index (χ2n) is 5.81. The van der Waals surface area contributed by atoms with E-state index in [2.05, 4.69) is 14.8 Å². The van der Waals surface area contributed by atoms with Gasteiger partial charge in [-0.3, -0.25) is 4.90 Å². The van der Waals surface area contributed by atoms with Crippen molar-refractivity contribution in [1.82, 2.24) is 9.88 Å². The van der Waals surface area contributed by atoms with Gasteiger partial charge in [-0.1, -0.05) is 12.8 Å². The largest absolute Gasteiger partial charge is 0.397 e. The summed E-state index contributed by atoms with van der Waals surface area (Å²) in [4.78, 5) is 9.66. The van der Waals surface area contributed by atoms with Gasteiger partial charge in [-0.05, 0) is 31.9 Å². The normalized spacial score (nSPS) is 22.1. The molecule has 4 nitrogen and oxygen atoms in total. The molecular formula is C15H24N4. The summed E-state index contributed by atoms with van der Waals surface area (Å²) < 4.78 is 0. The molecule has 1 aromatic heterocycles. The van der Waals surface area contributed by atoms with Gasteiger partial charge in [0.15, 0.2) is 0 Å². The second kappa shape index (κ2) is 5.37. The van der Waals surface area contributed by atoms with Crippen molar-refractivity contribution >= 4 is 11.5 Å². The van der Waals surface area contributed by atoms with Gasteiger partial charge in [0.05, 0.1) is 11.4 Å². The minimum atomic E-state index is 0.786. The lowest BCUT2D eigenvalue weighted by Crippen LogP contribution is -2.50. The summed E-state index contributed by atoms with van der Waals surface area (Å²) in [6.45, 7) is 6.51. The minimum absolute atomic E-state index is 0.786. The third-order valence-corrected chi connectivity index (χ3v) is 4.59.